The molecule has 2 aromatic carbocycles. The first-order valence-corrected chi connectivity index (χ1v) is 6.56. The fourth-order valence-electron chi connectivity index (χ4n) is 1.80. The molecule has 0 aliphatic rings. The van der Waals surface area contributed by atoms with Crippen molar-refractivity contribution in [3.8, 4) is 11.8 Å². The Hall–Kier alpha value is -2.80. The fraction of sp³-hybridized carbons (Fsp3) is 0.176. The Balaban J connectivity index is 1.80. The maximum absolute atomic E-state index is 11.8. The zero-order valence-corrected chi connectivity index (χ0v) is 11.7. The van der Waals surface area contributed by atoms with Crippen molar-refractivity contribution >= 4 is 5.97 Å². The third kappa shape index (κ3) is 4.36. The smallest absolute Gasteiger partial charge is 0.338 e. The van der Waals surface area contributed by atoms with Gasteiger partial charge in [0.25, 0.3) is 0 Å². The van der Waals surface area contributed by atoms with E-state index in [0.717, 1.165) is 11.3 Å². The van der Waals surface area contributed by atoms with E-state index in [0.29, 0.717) is 11.1 Å². The molecule has 0 aliphatic heterocycles. The first-order valence-electron chi connectivity index (χ1n) is 6.56. The summed E-state index contributed by atoms with van der Waals surface area (Å²) in [5.41, 5.74) is 1.91. The van der Waals surface area contributed by atoms with Crippen molar-refractivity contribution in [2.45, 2.75) is 6.92 Å². The standard InChI is InChI=1S/C17H15NO3/c1-13-4-2-7-16(10-13)20-8-9-21-17(19)15-6-3-5-14(11-15)12-18/h2-7,10-11H,8-9H2,1H3. The fourth-order valence-corrected chi connectivity index (χ4v) is 1.80. The zero-order valence-electron chi connectivity index (χ0n) is 11.7. The first-order chi connectivity index (χ1) is 10.2. The number of esters is 1. The predicted octanol–water partition coefficient (Wildman–Crippen LogP) is 3.10. The summed E-state index contributed by atoms with van der Waals surface area (Å²) in [6, 6.07) is 16.0. The number of rotatable bonds is 5. The van der Waals surface area contributed by atoms with Crippen LogP contribution in [-0.4, -0.2) is 19.2 Å². The van der Waals surface area contributed by atoms with Gasteiger partial charge in [0.2, 0.25) is 0 Å². The predicted molar refractivity (Wildman–Crippen MR) is 78.1 cm³/mol. The summed E-state index contributed by atoms with van der Waals surface area (Å²) in [5.74, 6) is 0.289. The second-order valence-corrected chi connectivity index (χ2v) is 4.49. The Kier molecular flexibility index (Phi) is 4.94. The SMILES string of the molecule is Cc1cccc(OCCOC(=O)c2cccc(C#N)c2)c1. The summed E-state index contributed by atoms with van der Waals surface area (Å²) in [4.78, 5) is 11.8. The second-order valence-electron chi connectivity index (χ2n) is 4.49. The summed E-state index contributed by atoms with van der Waals surface area (Å²) < 4.78 is 10.6. The average Bonchev–Trinajstić information content (AvgIpc) is 2.51. The number of ether oxygens (including phenoxy) is 2. The molecule has 0 atom stereocenters. The molecule has 106 valence electrons. The third-order valence-electron chi connectivity index (χ3n) is 2.80. The third-order valence-corrected chi connectivity index (χ3v) is 2.80. The van der Waals surface area contributed by atoms with Crippen LogP contribution in [-0.2, 0) is 4.74 Å². The molecule has 4 heteroatoms. The van der Waals surface area contributed by atoms with Crippen molar-refractivity contribution in [1.82, 2.24) is 0 Å². The maximum Gasteiger partial charge on any atom is 0.338 e. The Morgan fingerprint density at radius 2 is 1.95 bits per heavy atom. The molecule has 0 aromatic heterocycles. The van der Waals surface area contributed by atoms with Crippen LogP contribution in [0.5, 0.6) is 5.75 Å². The molecule has 2 rings (SSSR count). The first kappa shape index (κ1) is 14.6. The van der Waals surface area contributed by atoms with Gasteiger partial charge in [-0.3, -0.25) is 0 Å². The van der Waals surface area contributed by atoms with Gasteiger partial charge in [0.05, 0.1) is 17.2 Å². The lowest BCUT2D eigenvalue weighted by Gasteiger charge is -2.08. The van der Waals surface area contributed by atoms with Gasteiger partial charge in [-0.1, -0.05) is 18.2 Å². The van der Waals surface area contributed by atoms with Crippen LogP contribution in [0.4, 0.5) is 0 Å². The molecule has 0 amide bonds. The van der Waals surface area contributed by atoms with Gasteiger partial charge in [-0.15, -0.1) is 0 Å². The van der Waals surface area contributed by atoms with Gasteiger partial charge in [-0.2, -0.15) is 5.26 Å². The van der Waals surface area contributed by atoms with Crippen LogP contribution in [0.3, 0.4) is 0 Å². The molecule has 2 aromatic rings. The number of hydrogen-bond acceptors (Lipinski definition) is 4. The molecule has 0 unspecified atom stereocenters. The number of hydrogen-bond donors (Lipinski definition) is 0. The van der Waals surface area contributed by atoms with Crippen molar-refractivity contribution in [1.29, 1.82) is 5.26 Å². The largest absolute Gasteiger partial charge is 0.490 e. The normalized spacial score (nSPS) is 9.71. The maximum atomic E-state index is 11.8. The van der Waals surface area contributed by atoms with Gasteiger partial charge in [0.1, 0.15) is 19.0 Å². The molecule has 0 saturated carbocycles. The van der Waals surface area contributed by atoms with Crippen molar-refractivity contribution in [2.24, 2.45) is 0 Å². The lowest BCUT2D eigenvalue weighted by Crippen LogP contribution is -2.12. The lowest BCUT2D eigenvalue weighted by molar-refractivity contribution is 0.0450. The van der Waals surface area contributed by atoms with Crippen molar-refractivity contribution in [3.63, 3.8) is 0 Å². The van der Waals surface area contributed by atoms with Crippen LogP contribution in [0, 0.1) is 18.3 Å². The van der Waals surface area contributed by atoms with Gasteiger partial charge in [0.15, 0.2) is 0 Å². The van der Waals surface area contributed by atoms with Gasteiger partial charge in [-0.25, -0.2) is 4.79 Å². The molecule has 0 heterocycles. The van der Waals surface area contributed by atoms with Crippen molar-refractivity contribution in [2.75, 3.05) is 13.2 Å². The molecule has 0 saturated heterocycles. The van der Waals surface area contributed by atoms with Gasteiger partial charge >= 0.3 is 5.97 Å². The molecule has 0 radical (unpaired) electrons. The van der Waals surface area contributed by atoms with E-state index in [1.165, 1.54) is 6.07 Å². The van der Waals surface area contributed by atoms with Gasteiger partial charge in [-0.05, 0) is 42.8 Å². The molecule has 4 nitrogen and oxygen atoms in total. The summed E-state index contributed by atoms with van der Waals surface area (Å²) in [7, 11) is 0. The average molecular weight is 281 g/mol. The van der Waals surface area contributed by atoms with Crippen LogP contribution < -0.4 is 4.74 Å². The Morgan fingerprint density at radius 1 is 1.14 bits per heavy atom. The van der Waals surface area contributed by atoms with Crippen LogP contribution in [0.15, 0.2) is 48.5 Å². The van der Waals surface area contributed by atoms with E-state index in [1.807, 2.05) is 37.3 Å². The van der Waals surface area contributed by atoms with Gasteiger partial charge < -0.3 is 9.47 Å². The molecule has 0 aliphatic carbocycles. The highest BCUT2D eigenvalue weighted by Gasteiger charge is 2.07. The molecular formula is C17H15NO3. The minimum atomic E-state index is -0.458. The molecule has 0 spiro atoms. The van der Waals surface area contributed by atoms with Crippen LogP contribution >= 0.6 is 0 Å². The van der Waals surface area contributed by atoms with Crippen LogP contribution in [0.25, 0.3) is 0 Å². The Morgan fingerprint density at radius 3 is 2.71 bits per heavy atom. The quantitative estimate of drug-likeness (QED) is 0.624. The van der Waals surface area contributed by atoms with E-state index in [2.05, 4.69) is 0 Å². The Bertz CT molecular complexity index is 674. The van der Waals surface area contributed by atoms with Crippen LogP contribution in [0.2, 0.25) is 0 Å². The lowest BCUT2D eigenvalue weighted by atomic mass is 10.1. The summed E-state index contributed by atoms with van der Waals surface area (Å²) >= 11 is 0. The summed E-state index contributed by atoms with van der Waals surface area (Å²) in [6.45, 7) is 2.42. The topological polar surface area (TPSA) is 59.3 Å². The number of carbonyl (C=O) groups excluding carboxylic acids is 1. The number of nitrogens with zero attached hydrogens (tertiary/aromatic N) is 1. The highest BCUT2D eigenvalue weighted by Crippen LogP contribution is 2.12. The molecular weight excluding hydrogens is 266 g/mol. The monoisotopic (exact) mass is 281 g/mol. The van der Waals surface area contributed by atoms with Crippen LogP contribution in [0.1, 0.15) is 21.5 Å². The summed E-state index contributed by atoms with van der Waals surface area (Å²) in [6.07, 6.45) is 0. The highest BCUT2D eigenvalue weighted by atomic mass is 16.6. The minimum absolute atomic E-state index is 0.156. The molecule has 0 N–H and O–H groups in total. The number of aryl methyl sites for hydroxylation is 1. The summed E-state index contributed by atoms with van der Waals surface area (Å²) in [5, 5.41) is 8.78. The molecule has 21 heavy (non-hydrogen) atoms. The Labute approximate surface area is 123 Å². The minimum Gasteiger partial charge on any atom is -0.490 e. The van der Waals surface area contributed by atoms with E-state index in [4.69, 9.17) is 14.7 Å². The highest BCUT2D eigenvalue weighted by molar-refractivity contribution is 5.89. The number of nitriles is 1. The zero-order chi connectivity index (χ0) is 15.1. The van der Waals surface area contributed by atoms with Crippen molar-refractivity contribution < 1.29 is 14.3 Å². The van der Waals surface area contributed by atoms with Gasteiger partial charge in [0, 0.05) is 0 Å². The second kappa shape index (κ2) is 7.11. The van der Waals surface area contributed by atoms with E-state index < -0.39 is 5.97 Å². The van der Waals surface area contributed by atoms with E-state index in [9.17, 15) is 4.79 Å². The number of benzene rings is 2. The van der Waals surface area contributed by atoms with E-state index in [1.54, 1.807) is 18.2 Å². The van der Waals surface area contributed by atoms with Crippen molar-refractivity contribution in [3.05, 3.63) is 65.2 Å². The number of carbonyl (C=O) groups is 1. The molecule has 0 fully saturated rings. The molecule has 0 bridgehead atoms. The van der Waals surface area contributed by atoms with E-state index >= 15 is 0 Å². The van der Waals surface area contributed by atoms with E-state index in [-0.39, 0.29) is 13.2 Å².